The van der Waals surface area contributed by atoms with Crippen molar-refractivity contribution in [3.05, 3.63) is 29.3 Å². The molecule has 112 valence electrons. The van der Waals surface area contributed by atoms with E-state index in [1.165, 1.54) is 0 Å². The lowest BCUT2D eigenvalue weighted by Crippen LogP contribution is -2.30. The van der Waals surface area contributed by atoms with Crippen molar-refractivity contribution in [1.82, 2.24) is 4.72 Å². The number of nitrogens with two attached hydrogens (primary N) is 1. The molecule has 4 nitrogen and oxygen atoms in total. The van der Waals surface area contributed by atoms with Crippen molar-refractivity contribution < 1.29 is 8.42 Å². The van der Waals surface area contributed by atoms with Gasteiger partial charge < -0.3 is 5.73 Å². The van der Waals surface area contributed by atoms with E-state index in [-0.39, 0.29) is 16.9 Å². The predicted molar refractivity (Wildman–Crippen MR) is 80.7 cm³/mol. The van der Waals surface area contributed by atoms with E-state index >= 15 is 0 Å². The Balaban J connectivity index is 2.33. The van der Waals surface area contributed by atoms with Gasteiger partial charge in [-0.3, -0.25) is 0 Å². The Morgan fingerprint density at radius 1 is 1.20 bits per heavy atom. The zero-order valence-electron chi connectivity index (χ0n) is 12.8. The fourth-order valence-corrected chi connectivity index (χ4v) is 4.60. The van der Waals surface area contributed by atoms with Gasteiger partial charge in [-0.2, -0.15) is 0 Å². The minimum atomic E-state index is -3.51. The first-order valence-corrected chi connectivity index (χ1v) is 8.34. The molecule has 0 unspecified atom stereocenters. The molecule has 0 aliphatic heterocycles. The standard InChI is InChI=1S/C15H24N2O2S/c1-10-6-7-11(9-16)8-12(10)20(18,19)17-13-14(2,3)15(13,4)5/h6-8,13,17H,9,16H2,1-5H3. The van der Waals surface area contributed by atoms with Crippen LogP contribution in [0.5, 0.6) is 0 Å². The Kier molecular flexibility index (Phi) is 3.52. The highest BCUT2D eigenvalue weighted by Gasteiger charge is 2.66. The molecule has 0 bridgehead atoms. The van der Waals surface area contributed by atoms with Crippen LogP contribution in [0.2, 0.25) is 0 Å². The van der Waals surface area contributed by atoms with Gasteiger partial charge in [-0.25, -0.2) is 13.1 Å². The molecule has 0 amide bonds. The second-order valence-electron chi connectivity index (χ2n) is 6.80. The third-order valence-corrected chi connectivity index (χ3v) is 6.64. The van der Waals surface area contributed by atoms with Crippen LogP contribution in [-0.4, -0.2) is 14.5 Å². The summed E-state index contributed by atoms with van der Waals surface area (Å²) in [6, 6.07) is 5.29. The van der Waals surface area contributed by atoms with Crippen molar-refractivity contribution in [2.24, 2.45) is 16.6 Å². The normalized spacial score (nSPS) is 20.9. The molecule has 1 aromatic carbocycles. The van der Waals surface area contributed by atoms with E-state index in [1.54, 1.807) is 19.1 Å². The van der Waals surface area contributed by atoms with E-state index in [1.807, 2.05) is 6.07 Å². The first-order chi connectivity index (χ1) is 9.04. The molecular formula is C15H24N2O2S. The summed E-state index contributed by atoms with van der Waals surface area (Å²) in [5.74, 6) is 0. The average Bonchev–Trinajstić information content (AvgIpc) is 2.72. The number of aryl methyl sites for hydroxylation is 1. The Morgan fingerprint density at radius 3 is 2.20 bits per heavy atom. The van der Waals surface area contributed by atoms with E-state index in [2.05, 4.69) is 32.4 Å². The molecule has 0 spiro atoms. The van der Waals surface area contributed by atoms with E-state index in [0.717, 1.165) is 11.1 Å². The predicted octanol–water partition coefficient (Wildman–Crippen LogP) is 2.17. The maximum Gasteiger partial charge on any atom is 0.241 e. The monoisotopic (exact) mass is 296 g/mol. The van der Waals surface area contributed by atoms with Crippen molar-refractivity contribution in [2.45, 2.75) is 52.1 Å². The summed E-state index contributed by atoms with van der Waals surface area (Å²) in [7, 11) is -3.51. The van der Waals surface area contributed by atoms with Crippen LogP contribution in [-0.2, 0) is 16.6 Å². The lowest BCUT2D eigenvalue weighted by molar-refractivity contribution is 0.457. The highest BCUT2D eigenvalue weighted by atomic mass is 32.2. The van der Waals surface area contributed by atoms with Crippen LogP contribution in [0.25, 0.3) is 0 Å². The van der Waals surface area contributed by atoms with Gasteiger partial charge in [-0.1, -0.05) is 39.8 Å². The first kappa shape index (κ1) is 15.5. The quantitative estimate of drug-likeness (QED) is 0.894. The van der Waals surface area contributed by atoms with Crippen LogP contribution in [0.15, 0.2) is 23.1 Å². The summed E-state index contributed by atoms with van der Waals surface area (Å²) in [6.45, 7) is 10.5. The van der Waals surface area contributed by atoms with E-state index in [0.29, 0.717) is 11.4 Å². The summed E-state index contributed by atoms with van der Waals surface area (Å²) in [6.07, 6.45) is 0. The summed E-state index contributed by atoms with van der Waals surface area (Å²) in [5.41, 5.74) is 7.11. The molecule has 1 saturated carbocycles. The number of sulfonamides is 1. The molecule has 1 aliphatic rings. The molecule has 0 radical (unpaired) electrons. The second kappa shape index (κ2) is 4.55. The van der Waals surface area contributed by atoms with Crippen LogP contribution >= 0.6 is 0 Å². The molecule has 5 heteroatoms. The maximum absolute atomic E-state index is 12.6. The van der Waals surface area contributed by atoms with Gasteiger partial charge in [-0.15, -0.1) is 0 Å². The topological polar surface area (TPSA) is 72.2 Å². The van der Waals surface area contributed by atoms with Crippen LogP contribution in [0.1, 0.15) is 38.8 Å². The Morgan fingerprint density at radius 2 is 1.75 bits per heavy atom. The van der Waals surface area contributed by atoms with Gasteiger partial charge in [0, 0.05) is 12.6 Å². The Labute approximate surface area is 121 Å². The number of hydrogen-bond donors (Lipinski definition) is 2. The summed E-state index contributed by atoms with van der Waals surface area (Å²) >= 11 is 0. The number of rotatable bonds is 4. The second-order valence-corrected chi connectivity index (χ2v) is 8.48. The van der Waals surface area contributed by atoms with Gasteiger partial charge in [0.2, 0.25) is 10.0 Å². The van der Waals surface area contributed by atoms with Crippen molar-refractivity contribution >= 4 is 10.0 Å². The van der Waals surface area contributed by atoms with Gasteiger partial charge in [0.05, 0.1) is 4.90 Å². The molecule has 0 aromatic heterocycles. The minimum Gasteiger partial charge on any atom is -0.326 e. The molecule has 0 atom stereocenters. The van der Waals surface area contributed by atoms with Crippen molar-refractivity contribution in [1.29, 1.82) is 0 Å². The van der Waals surface area contributed by atoms with Crippen LogP contribution in [0.3, 0.4) is 0 Å². The van der Waals surface area contributed by atoms with Crippen LogP contribution < -0.4 is 10.5 Å². The SMILES string of the molecule is Cc1ccc(CN)cc1S(=O)(=O)NC1C(C)(C)C1(C)C. The van der Waals surface area contributed by atoms with Gasteiger partial charge in [0.25, 0.3) is 0 Å². The van der Waals surface area contributed by atoms with Gasteiger partial charge in [0.1, 0.15) is 0 Å². The zero-order chi connectivity index (χ0) is 15.3. The molecule has 2 rings (SSSR count). The third kappa shape index (κ3) is 2.28. The molecule has 1 aromatic rings. The van der Waals surface area contributed by atoms with Crippen LogP contribution in [0.4, 0.5) is 0 Å². The first-order valence-electron chi connectivity index (χ1n) is 6.86. The Bertz CT molecular complexity index is 619. The molecular weight excluding hydrogens is 272 g/mol. The molecule has 0 heterocycles. The fourth-order valence-electron chi connectivity index (χ4n) is 2.77. The molecule has 1 fully saturated rings. The number of benzene rings is 1. The molecule has 3 N–H and O–H groups in total. The van der Waals surface area contributed by atoms with Gasteiger partial charge in [-0.05, 0) is 34.9 Å². The average molecular weight is 296 g/mol. The molecule has 20 heavy (non-hydrogen) atoms. The lowest BCUT2D eigenvalue weighted by Gasteiger charge is -2.12. The highest BCUT2D eigenvalue weighted by Crippen LogP contribution is 2.62. The van der Waals surface area contributed by atoms with Crippen molar-refractivity contribution in [3.63, 3.8) is 0 Å². The van der Waals surface area contributed by atoms with Crippen LogP contribution in [0, 0.1) is 17.8 Å². The molecule has 1 aliphatic carbocycles. The highest BCUT2D eigenvalue weighted by molar-refractivity contribution is 7.89. The summed E-state index contributed by atoms with van der Waals surface area (Å²) < 4.78 is 28.0. The number of nitrogens with one attached hydrogen (secondary N) is 1. The van der Waals surface area contributed by atoms with E-state index in [9.17, 15) is 8.42 Å². The lowest BCUT2D eigenvalue weighted by atomic mass is 10.0. The maximum atomic E-state index is 12.6. The minimum absolute atomic E-state index is 0.0283. The largest absolute Gasteiger partial charge is 0.326 e. The Hall–Kier alpha value is -0.910. The van der Waals surface area contributed by atoms with Gasteiger partial charge >= 0.3 is 0 Å². The van der Waals surface area contributed by atoms with Gasteiger partial charge in [0.15, 0.2) is 0 Å². The summed E-state index contributed by atoms with van der Waals surface area (Å²) in [4.78, 5) is 0.332. The van der Waals surface area contributed by atoms with E-state index in [4.69, 9.17) is 5.73 Å². The summed E-state index contributed by atoms with van der Waals surface area (Å²) in [5, 5.41) is 0. The number of hydrogen-bond acceptors (Lipinski definition) is 3. The third-order valence-electron chi connectivity index (χ3n) is 5.07. The smallest absolute Gasteiger partial charge is 0.241 e. The van der Waals surface area contributed by atoms with Crippen molar-refractivity contribution in [2.75, 3.05) is 0 Å². The zero-order valence-corrected chi connectivity index (χ0v) is 13.6. The fraction of sp³-hybridized carbons (Fsp3) is 0.600. The van der Waals surface area contributed by atoms with Crippen molar-refractivity contribution in [3.8, 4) is 0 Å². The molecule has 0 saturated heterocycles. The van der Waals surface area contributed by atoms with E-state index < -0.39 is 10.0 Å².